The molecule has 3 nitrogen and oxygen atoms in total. The maximum atomic E-state index is 11.1. The van der Waals surface area contributed by atoms with E-state index >= 15 is 0 Å². The number of hydrogen-bond donors (Lipinski definition) is 1. The van der Waals surface area contributed by atoms with Crippen molar-refractivity contribution in [1.82, 2.24) is 0 Å². The minimum atomic E-state index is -0.780. The lowest BCUT2D eigenvalue weighted by molar-refractivity contribution is -0.138. The van der Waals surface area contributed by atoms with Crippen LogP contribution in [0, 0.1) is 0 Å². The van der Waals surface area contributed by atoms with E-state index in [1.807, 2.05) is 17.0 Å². The first kappa shape index (κ1) is 13.6. The van der Waals surface area contributed by atoms with Crippen molar-refractivity contribution < 1.29 is 9.90 Å². The van der Waals surface area contributed by atoms with E-state index in [0.29, 0.717) is 0 Å². The van der Waals surface area contributed by atoms with Crippen molar-refractivity contribution in [2.45, 2.75) is 39.7 Å². The van der Waals surface area contributed by atoms with Gasteiger partial charge in [0.25, 0.3) is 0 Å². The predicted molar refractivity (Wildman–Crippen MR) is 70.6 cm³/mol. The summed E-state index contributed by atoms with van der Waals surface area (Å²) in [5, 5.41) is 9.10. The third kappa shape index (κ3) is 3.48. The molecule has 0 spiro atoms. The summed E-state index contributed by atoms with van der Waals surface area (Å²) in [6.07, 6.45) is 1.94. The highest BCUT2D eigenvalue weighted by atomic mass is 16.4. The van der Waals surface area contributed by atoms with Crippen molar-refractivity contribution in [2.24, 2.45) is 0 Å². The predicted octanol–water partition coefficient (Wildman–Crippen LogP) is 2.94. The maximum Gasteiger partial charge on any atom is 0.326 e. The van der Waals surface area contributed by atoms with Gasteiger partial charge in [-0.3, -0.25) is 0 Å². The zero-order valence-corrected chi connectivity index (χ0v) is 10.8. The molecule has 1 aromatic rings. The molecule has 94 valence electrons. The number of nitrogens with zero attached hydrogens (tertiary/aromatic N) is 1. The Kier molecular flexibility index (Phi) is 5.01. The van der Waals surface area contributed by atoms with Crippen LogP contribution in [0.5, 0.6) is 0 Å². The fraction of sp³-hybridized carbons (Fsp3) is 0.500. The Hall–Kier alpha value is -1.51. The number of aliphatic carboxylic acids is 1. The van der Waals surface area contributed by atoms with Gasteiger partial charge < -0.3 is 10.0 Å². The molecule has 0 amide bonds. The normalized spacial score (nSPS) is 12.2. The average Bonchev–Trinajstić information content (AvgIpc) is 2.35. The van der Waals surface area contributed by atoms with Crippen LogP contribution < -0.4 is 4.90 Å². The smallest absolute Gasteiger partial charge is 0.326 e. The van der Waals surface area contributed by atoms with Crippen molar-refractivity contribution in [3.63, 3.8) is 0 Å². The van der Waals surface area contributed by atoms with Gasteiger partial charge in [0.1, 0.15) is 6.04 Å². The van der Waals surface area contributed by atoms with Gasteiger partial charge in [0.15, 0.2) is 0 Å². The van der Waals surface area contributed by atoms with E-state index in [1.54, 1.807) is 6.92 Å². The van der Waals surface area contributed by atoms with E-state index < -0.39 is 12.0 Å². The zero-order valence-electron chi connectivity index (χ0n) is 10.8. The largest absolute Gasteiger partial charge is 0.480 e. The molecule has 0 aliphatic rings. The Balaban J connectivity index is 2.92. The van der Waals surface area contributed by atoms with Crippen LogP contribution in [-0.2, 0) is 11.2 Å². The maximum absolute atomic E-state index is 11.1. The molecule has 0 fully saturated rings. The van der Waals surface area contributed by atoms with Crippen LogP contribution in [0.25, 0.3) is 0 Å². The highest BCUT2D eigenvalue weighted by Crippen LogP contribution is 2.18. The van der Waals surface area contributed by atoms with Gasteiger partial charge in [0, 0.05) is 12.2 Å². The SMILES string of the molecule is CCCN(c1ccc(CC)cc1)[C@H](C)C(=O)O. The fourth-order valence-electron chi connectivity index (χ4n) is 1.84. The van der Waals surface area contributed by atoms with E-state index in [4.69, 9.17) is 5.11 Å². The van der Waals surface area contributed by atoms with Crippen molar-refractivity contribution in [3.8, 4) is 0 Å². The number of rotatable bonds is 6. The minimum absolute atomic E-state index is 0.484. The number of carboxylic acids is 1. The molecule has 0 bridgehead atoms. The molecule has 0 radical (unpaired) electrons. The third-order valence-corrected chi connectivity index (χ3v) is 2.97. The lowest BCUT2D eigenvalue weighted by Gasteiger charge is -2.28. The first-order valence-corrected chi connectivity index (χ1v) is 6.18. The Labute approximate surface area is 103 Å². The molecule has 0 heterocycles. The molecule has 1 rings (SSSR count). The van der Waals surface area contributed by atoms with Gasteiger partial charge in [-0.05, 0) is 37.5 Å². The lowest BCUT2D eigenvalue weighted by Crippen LogP contribution is -2.39. The number of carbonyl (C=O) groups is 1. The molecule has 0 saturated carbocycles. The van der Waals surface area contributed by atoms with E-state index in [-0.39, 0.29) is 0 Å². The van der Waals surface area contributed by atoms with E-state index in [1.165, 1.54) is 5.56 Å². The molecule has 1 aromatic carbocycles. The van der Waals surface area contributed by atoms with Crippen LogP contribution in [0.2, 0.25) is 0 Å². The number of carboxylic acid groups (broad SMARTS) is 1. The molecule has 17 heavy (non-hydrogen) atoms. The van der Waals surface area contributed by atoms with Gasteiger partial charge in [-0.15, -0.1) is 0 Å². The summed E-state index contributed by atoms with van der Waals surface area (Å²) in [6, 6.07) is 7.66. The van der Waals surface area contributed by atoms with Crippen LogP contribution in [0.3, 0.4) is 0 Å². The first-order valence-electron chi connectivity index (χ1n) is 6.18. The van der Waals surface area contributed by atoms with Crippen LogP contribution >= 0.6 is 0 Å². The van der Waals surface area contributed by atoms with Crippen molar-refractivity contribution in [3.05, 3.63) is 29.8 Å². The van der Waals surface area contributed by atoms with Gasteiger partial charge in [-0.2, -0.15) is 0 Å². The van der Waals surface area contributed by atoms with E-state index in [2.05, 4.69) is 26.0 Å². The Morgan fingerprint density at radius 3 is 2.29 bits per heavy atom. The number of anilines is 1. The van der Waals surface area contributed by atoms with Crippen molar-refractivity contribution in [2.75, 3.05) is 11.4 Å². The van der Waals surface area contributed by atoms with Crippen molar-refractivity contribution in [1.29, 1.82) is 0 Å². The summed E-state index contributed by atoms with van der Waals surface area (Å²) in [6.45, 7) is 6.66. The van der Waals surface area contributed by atoms with Crippen molar-refractivity contribution >= 4 is 11.7 Å². The highest BCUT2D eigenvalue weighted by Gasteiger charge is 2.19. The first-order chi connectivity index (χ1) is 8.10. The molecule has 0 saturated heterocycles. The summed E-state index contributed by atoms with van der Waals surface area (Å²) in [7, 11) is 0. The van der Waals surface area contributed by atoms with Crippen LogP contribution in [0.1, 0.15) is 32.8 Å². The lowest BCUT2D eigenvalue weighted by atomic mass is 10.1. The van der Waals surface area contributed by atoms with E-state index in [9.17, 15) is 4.79 Å². The minimum Gasteiger partial charge on any atom is -0.480 e. The number of hydrogen-bond acceptors (Lipinski definition) is 2. The zero-order chi connectivity index (χ0) is 12.8. The fourth-order valence-corrected chi connectivity index (χ4v) is 1.84. The van der Waals surface area contributed by atoms with Crippen LogP contribution in [0.4, 0.5) is 5.69 Å². The molecule has 0 aromatic heterocycles. The summed E-state index contributed by atoms with van der Waals surface area (Å²) in [5.74, 6) is -0.780. The average molecular weight is 235 g/mol. The van der Waals surface area contributed by atoms with Crippen LogP contribution in [0.15, 0.2) is 24.3 Å². The quantitative estimate of drug-likeness (QED) is 0.824. The molecule has 1 N–H and O–H groups in total. The monoisotopic (exact) mass is 235 g/mol. The summed E-state index contributed by atoms with van der Waals surface area (Å²) in [5.41, 5.74) is 2.26. The van der Waals surface area contributed by atoms with Crippen LogP contribution in [-0.4, -0.2) is 23.7 Å². The Morgan fingerprint density at radius 2 is 1.88 bits per heavy atom. The summed E-state index contributed by atoms with van der Waals surface area (Å²) < 4.78 is 0. The molecular formula is C14H21NO2. The Morgan fingerprint density at radius 1 is 1.29 bits per heavy atom. The molecular weight excluding hydrogens is 214 g/mol. The van der Waals surface area contributed by atoms with Gasteiger partial charge in [0.05, 0.1) is 0 Å². The summed E-state index contributed by atoms with van der Waals surface area (Å²) >= 11 is 0. The van der Waals surface area contributed by atoms with E-state index in [0.717, 1.165) is 25.1 Å². The highest BCUT2D eigenvalue weighted by molar-refractivity contribution is 5.77. The molecule has 0 aliphatic carbocycles. The molecule has 3 heteroatoms. The second kappa shape index (κ2) is 6.28. The summed E-state index contributed by atoms with van der Waals surface area (Å²) in [4.78, 5) is 13.0. The second-order valence-corrected chi connectivity index (χ2v) is 4.23. The molecule has 0 unspecified atom stereocenters. The standard InChI is InChI=1S/C14H21NO2/c1-4-10-15(11(3)14(16)17)13-8-6-12(5-2)7-9-13/h6-9,11H,4-5,10H2,1-3H3,(H,16,17)/t11-/m1/s1. The molecule has 0 aliphatic heterocycles. The second-order valence-electron chi connectivity index (χ2n) is 4.23. The van der Waals surface area contributed by atoms with Gasteiger partial charge >= 0.3 is 5.97 Å². The van der Waals surface area contributed by atoms with Gasteiger partial charge in [-0.1, -0.05) is 26.0 Å². The van der Waals surface area contributed by atoms with Gasteiger partial charge in [-0.25, -0.2) is 4.79 Å². The van der Waals surface area contributed by atoms with Gasteiger partial charge in [0.2, 0.25) is 0 Å². The third-order valence-electron chi connectivity index (χ3n) is 2.97. The molecule has 1 atom stereocenters. The number of benzene rings is 1. The Bertz CT molecular complexity index is 359. The topological polar surface area (TPSA) is 40.5 Å². The number of aryl methyl sites for hydroxylation is 1.